The van der Waals surface area contributed by atoms with Crippen LogP contribution in [0.4, 0.5) is 0 Å². The Balaban J connectivity index is 1.94. The van der Waals surface area contributed by atoms with E-state index in [9.17, 15) is 19.5 Å². The summed E-state index contributed by atoms with van der Waals surface area (Å²) >= 11 is 0. The Kier molecular flexibility index (Phi) is 4.82. The van der Waals surface area contributed by atoms with Gasteiger partial charge in [-0.1, -0.05) is 6.92 Å². The van der Waals surface area contributed by atoms with Crippen LogP contribution in [-0.4, -0.2) is 59.5 Å². The minimum absolute atomic E-state index is 0.0730. The van der Waals surface area contributed by atoms with Crippen molar-refractivity contribution in [3.63, 3.8) is 0 Å². The summed E-state index contributed by atoms with van der Waals surface area (Å²) in [5.74, 6) is 0.0447. The second kappa shape index (κ2) is 6.43. The van der Waals surface area contributed by atoms with Gasteiger partial charge in [-0.2, -0.15) is 0 Å². The summed E-state index contributed by atoms with van der Waals surface area (Å²) in [6, 6.07) is -0.495. The molecule has 0 radical (unpaired) electrons. The molecule has 1 heterocycles. The number of likely N-dealkylation sites (tertiary alicyclic amines) is 1. The topological polar surface area (TPSA) is 98.7 Å². The molecule has 1 unspecified atom stereocenters. The van der Waals surface area contributed by atoms with E-state index in [4.69, 9.17) is 0 Å². The van der Waals surface area contributed by atoms with Crippen molar-refractivity contribution in [3.8, 4) is 0 Å². The molecule has 0 aromatic heterocycles. The van der Waals surface area contributed by atoms with Gasteiger partial charge in [0.1, 0.15) is 6.04 Å². The second-order valence-corrected chi connectivity index (χ2v) is 6.19. The minimum Gasteiger partial charge on any atom is -0.394 e. The van der Waals surface area contributed by atoms with Crippen LogP contribution in [0.5, 0.6) is 0 Å². The van der Waals surface area contributed by atoms with E-state index in [1.54, 1.807) is 0 Å². The number of carbonyl (C=O) groups excluding carboxylic acids is 3. The summed E-state index contributed by atoms with van der Waals surface area (Å²) in [6.45, 7) is 2.45. The minimum atomic E-state index is -0.519. The van der Waals surface area contributed by atoms with Gasteiger partial charge in [-0.25, -0.2) is 0 Å². The third kappa shape index (κ3) is 3.34. The Labute approximate surface area is 124 Å². The fourth-order valence-electron chi connectivity index (χ4n) is 3.46. The number of hydrogen-bond acceptors (Lipinski definition) is 4. The van der Waals surface area contributed by atoms with Gasteiger partial charge in [0, 0.05) is 6.54 Å². The standard InChI is InChI=1S/C14H23N3O4/c1-10-5-14(6-10,8-18)16-13(21)11-3-2-4-17(11)12(20)7-15-9-19/h9-11,18H,2-8H2,1H3,(H,15,19)(H,16,21). The summed E-state index contributed by atoms with van der Waals surface area (Å²) in [4.78, 5) is 36.1. The van der Waals surface area contributed by atoms with Crippen LogP contribution in [0.2, 0.25) is 0 Å². The van der Waals surface area contributed by atoms with E-state index < -0.39 is 11.6 Å². The largest absolute Gasteiger partial charge is 0.394 e. The Hall–Kier alpha value is -1.63. The van der Waals surface area contributed by atoms with Crippen molar-refractivity contribution in [1.29, 1.82) is 0 Å². The summed E-state index contributed by atoms with van der Waals surface area (Å²) in [6.07, 6.45) is 3.40. The van der Waals surface area contributed by atoms with Crippen LogP contribution in [0.1, 0.15) is 32.6 Å². The number of nitrogens with one attached hydrogen (secondary N) is 2. The lowest BCUT2D eigenvalue weighted by Crippen LogP contribution is -2.62. The molecule has 3 N–H and O–H groups in total. The van der Waals surface area contributed by atoms with E-state index in [-0.39, 0.29) is 25.0 Å². The van der Waals surface area contributed by atoms with E-state index in [2.05, 4.69) is 17.6 Å². The van der Waals surface area contributed by atoms with Crippen molar-refractivity contribution in [3.05, 3.63) is 0 Å². The van der Waals surface area contributed by atoms with Crippen LogP contribution < -0.4 is 10.6 Å². The number of nitrogens with zero attached hydrogens (tertiary/aromatic N) is 1. The van der Waals surface area contributed by atoms with Gasteiger partial charge in [0.15, 0.2) is 0 Å². The van der Waals surface area contributed by atoms with Crippen LogP contribution in [0.25, 0.3) is 0 Å². The predicted octanol–water partition coefficient (Wildman–Crippen LogP) is -0.999. The van der Waals surface area contributed by atoms with Crippen LogP contribution >= 0.6 is 0 Å². The molecule has 1 aliphatic heterocycles. The third-order valence-electron chi connectivity index (χ3n) is 4.38. The van der Waals surface area contributed by atoms with Crippen molar-refractivity contribution in [1.82, 2.24) is 15.5 Å². The van der Waals surface area contributed by atoms with E-state index in [1.807, 2.05) is 0 Å². The zero-order valence-electron chi connectivity index (χ0n) is 12.3. The molecular weight excluding hydrogens is 274 g/mol. The van der Waals surface area contributed by atoms with E-state index >= 15 is 0 Å². The molecule has 1 aliphatic carbocycles. The number of hydrogen-bond donors (Lipinski definition) is 3. The molecule has 3 amide bonds. The fraction of sp³-hybridized carbons (Fsp3) is 0.786. The number of carbonyl (C=O) groups is 3. The zero-order valence-corrected chi connectivity index (χ0v) is 12.3. The van der Waals surface area contributed by atoms with Gasteiger partial charge in [0.25, 0.3) is 0 Å². The quantitative estimate of drug-likeness (QED) is 0.548. The summed E-state index contributed by atoms with van der Waals surface area (Å²) in [5, 5.41) is 14.7. The van der Waals surface area contributed by atoms with Gasteiger partial charge >= 0.3 is 0 Å². The number of rotatable bonds is 6. The van der Waals surface area contributed by atoms with Gasteiger partial charge in [0.2, 0.25) is 18.2 Å². The second-order valence-electron chi connectivity index (χ2n) is 6.19. The summed E-state index contributed by atoms with van der Waals surface area (Å²) < 4.78 is 0. The van der Waals surface area contributed by atoms with E-state index in [0.29, 0.717) is 25.3 Å². The molecular formula is C14H23N3O4. The molecule has 1 saturated carbocycles. The first-order chi connectivity index (χ1) is 10.0. The van der Waals surface area contributed by atoms with Gasteiger partial charge in [-0.3, -0.25) is 14.4 Å². The normalized spacial score (nSPS) is 31.4. The lowest BCUT2D eigenvalue weighted by Gasteiger charge is -2.46. The molecule has 0 aromatic rings. The number of amides is 3. The average molecular weight is 297 g/mol. The van der Waals surface area contributed by atoms with E-state index in [0.717, 1.165) is 19.3 Å². The summed E-state index contributed by atoms with van der Waals surface area (Å²) in [7, 11) is 0. The van der Waals surface area contributed by atoms with Gasteiger partial charge in [-0.05, 0) is 31.6 Å². The highest BCUT2D eigenvalue weighted by atomic mass is 16.3. The van der Waals surface area contributed by atoms with Crippen LogP contribution in [0, 0.1) is 5.92 Å². The molecule has 2 aliphatic rings. The molecule has 7 nitrogen and oxygen atoms in total. The van der Waals surface area contributed by atoms with Crippen LogP contribution in [-0.2, 0) is 14.4 Å². The highest BCUT2D eigenvalue weighted by Gasteiger charge is 2.45. The van der Waals surface area contributed by atoms with Crippen molar-refractivity contribution < 1.29 is 19.5 Å². The summed E-state index contributed by atoms with van der Waals surface area (Å²) in [5.41, 5.74) is -0.519. The Morgan fingerprint density at radius 2 is 2.14 bits per heavy atom. The van der Waals surface area contributed by atoms with Gasteiger partial charge in [-0.15, -0.1) is 0 Å². The van der Waals surface area contributed by atoms with Crippen molar-refractivity contribution in [2.24, 2.45) is 5.92 Å². The van der Waals surface area contributed by atoms with Crippen molar-refractivity contribution in [2.45, 2.75) is 44.2 Å². The molecule has 118 valence electrons. The molecule has 0 aromatic carbocycles. The smallest absolute Gasteiger partial charge is 0.243 e. The first-order valence-corrected chi connectivity index (χ1v) is 7.41. The lowest BCUT2D eigenvalue weighted by atomic mass is 9.69. The Morgan fingerprint density at radius 1 is 1.43 bits per heavy atom. The predicted molar refractivity (Wildman–Crippen MR) is 75.2 cm³/mol. The van der Waals surface area contributed by atoms with E-state index in [1.165, 1.54) is 4.90 Å². The lowest BCUT2D eigenvalue weighted by molar-refractivity contribution is -0.140. The molecule has 21 heavy (non-hydrogen) atoms. The molecule has 1 atom stereocenters. The first kappa shape index (κ1) is 15.8. The third-order valence-corrected chi connectivity index (χ3v) is 4.38. The number of aliphatic hydroxyl groups is 1. The maximum absolute atomic E-state index is 12.4. The zero-order chi connectivity index (χ0) is 15.5. The molecule has 7 heteroatoms. The van der Waals surface area contributed by atoms with Crippen molar-refractivity contribution >= 4 is 18.2 Å². The SMILES string of the molecule is CC1CC(CO)(NC(=O)C2CCCN2C(=O)CNC=O)C1. The number of aliphatic hydroxyl groups excluding tert-OH is 1. The average Bonchev–Trinajstić information content (AvgIpc) is 2.92. The van der Waals surface area contributed by atoms with Gasteiger partial charge < -0.3 is 20.6 Å². The monoisotopic (exact) mass is 297 g/mol. The molecule has 0 bridgehead atoms. The maximum Gasteiger partial charge on any atom is 0.243 e. The van der Waals surface area contributed by atoms with Crippen LogP contribution in [0.3, 0.4) is 0 Å². The van der Waals surface area contributed by atoms with Crippen LogP contribution in [0.15, 0.2) is 0 Å². The fourth-order valence-corrected chi connectivity index (χ4v) is 3.46. The molecule has 2 fully saturated rings. The highest BCUT2D eigenvalue weighted by Crippen LogP contribution is 2.37. The molecule has 1 saturated heterocycles. The Morgan fingerprint density at radius 3 is 2.71 bits per heavy atom. The Bertz CT molecular complexity index is 420. The highest BCUT2D eigenvalue weighted by molar-refractivity contribution is 5.89. The maximum atomic E-state index is 12.4. The first-order valence-electron chi connectivity index (χ1n) is 7.41. The molecule has 2 rings (SSSR count). The van der Waals surface area contributed by atoms with Crippen molar-refractivity contribution in [2.75, 3.05) is 19.7 Å². The molecule has 0 spiro atoms. The van der Waals surface area contributed by atoms with Gasteiger partial charge in [0.05, 0.1) is 18.7 Å².